The lowest BCUT2D eigenvalue weighted by molar-refractivity contribution is -0.114. The number of likely N-dealkylation sites (tertiary alicyclic amines) is 1. The summed E-state index contributed by atoms with van der Waals surface area (Å²) in [4.78, 5) is 13.6. The van der Waals surface area contributed by atoms with Gasteiger partial charge in [0.25, 0.3) is 0 Å². The van der Waals surface area contributed by atoms with Crippen molar-refractivity contribution in [1.29, 1.82) is 0 Å². The van der Waals surface area contributed by atoms with Crippen LogP contribution in [0.4, 0.5) is 11.4 Å². The zero-order valence-electron chi connectivity index (χ0n) is 11.4. The van der Waals surface area contributed by atoms with Gasteiger partial charge in [-0.05, 0) is 43.5 Å². The van der Waals surface area contributed by atoms with E-state index in [-0.39, 0.29) is 5.91 Å². The quantitative estimate of drug-likeness (QED) is 0.872. The normalized spacial score (nSPS) is 23.3. The molecule has 102 valence electrons. The SMILES string of the molecule is CC(=O)Nc1ccc(NC2CCN(C3CC3)C2)cc1. The summed E-state index contributed by atoms with van der Waals surface area (Å²) in [6, 6.07) is 9.38. The summed E-state index contributed by atoms with van der Waals surface area (Å²) in [5, 5.41) is 6.36. The standard InChI is InChI=1S/C15H21N3O/c1-11(19)16-12-2-4-13(5-3-12)17-14-8-9-18(10-14)15-6-7-15/h2-5,14-15,17H,6-10H2,1H3,(H,16,19). The minimum Gasteiger partial charge on any atom is -0.381 e. The number of amides is 1. The Bertz CT molecular complexity index is 453. The molecule has 1 atom stereocenters. The van der Waals surface area contributed by atoms with Gasteiger partial charge in [0.05, 0.1) is 0 Å². The number of hydrogen-bond donors (Lipinski definition) is 2. The summed E-state index contributed by atoms with van der Waals surface area (Å²) in [6.45, 7) is 3.92. The average Bonchev–Trinajstić information content (AvgIpc) is 3.12. The van der Waals surface area contributed by atoms with Gasteiger partial charge in [0.1, 0.15) is 0 Å². The molecule has 0 spiro atoms. The molecule has 1 saturated carbocycles. The summed E-state index contributed by atoms with van der Waals surface area (Å²) in [7, 11) is 0. The van der Waals surface area contributed by atoms with Crippen molar-refractivity contribution >= 4 is 17.3 Å². The number of hydrogen-bond acceptors (Lipinski definition) is 3. The third kappa shape index (κ3) is 3.26. The van der Waals surface area contributed by atoms with Crippen LogP contribution in [0.15, 0.2) is 24.3 Å². The fourth-order valence-corrected chi connectivity index (χ4v) is 2.77. The van der Waals surface area contributed by atoms with Crippen LogP contribution in [0, 0.1) is 0 Å². The first-order valence-electron chi connectivity index (χ1n) is 7.09. The molecule has 2 fully saturated rings. The molecule has 3 rings (SSSR count). The predicted molar refractivity (Wildman–Crippen MR) is 77.4 cm³/mol. The number of benzene rings is 1. The van der Waals surface area contributed by atoms with Gasteiger partial charge in [-0.15, -0.1) is 0 Å². The summed E-state index contributed by atoms with van der Waals surface area (Å²) in [6.07, 6.45) is 4.00. The van der Waals surface area contributed by atoms with Crippen molar-refractivity contribution in [3.05, 3.63) is 24.3 Å². The van der Waals surface area contributed by atoms with Gasteiger partial charge in [-0.2, -0.15) is 0 Å². The molecule has 1 unspecified atom stereocenters. The second-order valence-corrected chi connectivity index (χ2v) is 5.61. The second-order valence-electron chi connectivity index (χ2n) is 5.61. The number of nitrogens with zero attached hydrogens (tertiary/aromatic N) is 1. The van der Waals surface area contributed by atoms with E-state index in [9.17, 15) is 4.79 Å². The fourth-order valence-electron chi connectivity index (χ4n) is 2.77. The van der Waals surface area contributed by atoms with Crippen LogP contribution in [0.5, 0.6) is 0 Å². The highest BCUT2D eigenvalue weighted by Crippen LogP contribution is 2.30. The third-order valence-electron chi connectivity index (χ3n) is 3.86. The molecule has 0 aromatic heterocycles. The van der Waals surface area contributed by atoms with E-state index in [0.29, 0.717) is 6.04 Å². The Morgan fingerprint density at radius 3 is 2.47 bits per heavy atom. The van der Waals surface area contributed by atoms with Crippen LogP contribution in [-0.2, 0) is 4.79 Å². The van der Waals surface area contributed by atoms with E-state index in [4.69, 9.17) is 0 Å². The summed E-state index contributed by atoms with van der Waals surface area (Å²) in [5.41, 5.74) is 1.99. The first kappa shape index (κ1) is 12.5. The highest BCUT2D eigenvalue weighted by molar-refractivity contribution is 5.88. The Morgan fingerprint density at radius 1 is 1.16 bits per heavy atom. The van der Waals surface area contributed by atoms with Crippen LogP contribution in [0.3, 0.4) is 0 Å². The maximum absolute atomic E-state index is 11.0. The third-order valence-corrected chi connectivity index (χ3v) is 3.86. The van der Waals surface area contributed by atoms with Crippen molar-refractivity contribution in [2.45, 2.75) is 38.3 Å². The number of rotatable bonds is 4. The molecule has 4 nitrogen and oxygen atoms in total. The van der Waals surface area contributed by atoms with Gasteiger partial charge >= 0.3 is 0 Å². The van der Waals surface area contributed by atoms with Crippen LogP contribution < -0.4 is 10.6 Å². The summed E-state index contributed by atoms with van der Waals surface area (Å²) < 4.78 is 0. The van der Waals surface area contributed by atoms with Gasteiger partial charge in [-0.3, -0.25) is 9.69 Å². The maximum atomic E-state index is 11.0. The average molecular weight is 259 g/mol. The predicted octanol–water partition coefficient (Wildman–Crippen LogP) is 2.29. The Morgan fingerprint density at radius 2 is 1.84 bits per heavy atom. The van der Waals surface area contributed by atoms with Gasteiger partial charge in [0.2, 0.25) is 5.91 Å². The topological polar surface area (TPSA) is 44.4 Å². The van der Waals surface area contributed by atoms with Crippen molar-refractivity contribution in [3.63, 3.8) is 0 Å². The second kappa shape index (κ2) is 5.21. The molecule has 1 heterocycles. The molecule has 4 heteroatoms. The number of nitrogens with one attached hydrogen (secondary N) is 2. The fraction of sp³-hybridized carbons (Fsp3) is 0.533. The monoisotopic (exact) mass is 259 g/mol. The molecule has 1 saturated heterocycles. The van der Waals surface area contributed by atoms with Gasteiger partial charge < -0.3 is 10.6 Å². The van der Waals surface area contributed by atoms with E-state index >= 15 is 0 Å². The van der Waals surface area contributed by atoms with Crippen molar-refractivity contribution in [1.82, 2.24) is 4.90 Å². The van der Waals surface area contributed by atoms with E-state index < -0.39 is 0 Å². The Labute approximate surface area is 114 Å². The molecule has 19 heavy (non-hydrogen) atoms. The van der Waals surface area contributed by atoms with Crippen LogP contribution in [0.2, 0.25) is 0 Å². The first-order chi connectivity index (χ1) is 9.20. The molecule has 2 aliphatic rings. The van der Waals surface area contributed by atoms with E-state index in [2.05, 4.69) is 15.5 Å². The molecular weight excluding hydrogens is 238 g/mol. The van der Waals surface area contributed by atoms with Crippen molar-refractivity contribution in [3.8, 4) is 0 Å². The Kier molecular flexibility index (Phi) is 3.42. The Balaban J connectivity index is 1.53. The molecule has 0 bridgehead atoms. The van der Waals surface area contributed by atoms with E-state index in [1.165, 1.54) is 32.7 Å². The van der Waals surface area contributed by atoms with Gasteiger partial charge in [-0.25, -0.2) is 0 Å². The smallest absolute Gasteiger partial charge is 0.221 e. The molecule has 1 aromatic rings. The zero-order chi connectivity index (χ0) is 13.2. The van der Waals surface area contributed by atoms with Crippen LogP contribution >= 0.6 is 0 Å². The highest BCUT2D eigenvalue weighted by Gasteiger charge is 2.34. The van der Waals surface area contributed by atoms with E-state index in [1.54, 1.807) is 0 Å². The highest BCUT2D eigenvalue weighted by atomic mass is 16.1. The van der Waals surface area contributed by atoms with E-state index in [1.807, 2.05) is 24.3 Å². The minimum absolute atomic E-state index is 0.0309. The van der Waals surface area contributed by atoms with Crippen molar-refractivity contribution < 1.29 is 4.79 Å². The Hall–Kier alpha value is -1.55. The number of anilines is 2. The lowest BCUT2D eigenvalue weighted by Gasteiger charge is -2.17. The van der Waals surface area contributed by atoms with Gasteiger partial charge in [-0.1, -0.05) is 0 Å². The van der Waals surface area contributed by atoms with Gasteiger partial charge in [0.15, 0.2) is 0 Å². The summed E-state index contributed by atoms with van der Waals surface area (Å²) >= 11 is 0. The van der Waals surface area contributed by atoms with E-state index in [0.717, 1.165) is 24.0 Å². The first-order valence-corrected chi connectivity index (χ1v) is 7.09. The van der Waals surface area contributed by atoms with Gasteiger partial charge in [0, 0.05) is 43.5 Å². The molecule has 1 aliphatic heterocycles. The zero-order valence-corrected chi connectivity index (χ0v) is 11.4. The largest absolute Gasteiger partial charge is 0.381 e. The number of carbonyl (C=O) groups excluding carboxylic acids is 1. The van der Waals surface area contributed by atoms with Crippen LogP contribution in [0.25, 0.3) is 0 Å². The summed E-state index contributed by atoms with van der Waals surface area (Å²) in [5.74, 6) is -0.0309. The molecule has 1 aromatic carbocycles. The molecular formula is C15H21N3O. The molecule has 1 amide bonds. The van der Waals surface area contributed by atoms with Crippen molar-refractivity contribution in [2.75, 3.05) is 23.7 Å². The van der Waals surface area contributed by atoms with Crippen LogP contribution in [-0.4, -0.2) is 36.0 Å². The minimum atomic E-state index is -0.0309. The lowest BCUT2D eigenvalue weighted by atomic mass is 10.2. The maximum Gasteiger partial charge on any atom is 0.221 e. The lowest BCUT2D eigenvalue weighted by Crippen LogP contribution is -2.27. The molecule has 0 radical (unpaired) electrons. The van der Waals surface area contributed by atoms with Crippen LogP contribution in [0.1, 0.15) is 26.2 Å². The molecule has 2 N–H and O–H groups in total. The molecule has 1 aliphatic carbocycles. The number of carbonyl (C=O) groups is 1. The van der Waals surface area contributed by atoms with Crippen molar-refractivity contribution in [2.24, 2.45) is 0 Å².